The van der Waals surface area contributed by atoms with Crippen LogP contribution in [-0.2, 0) is 20.9 Å². The molecular formula is C28H34N2O8. The van der Waals surface area contributed by atoms with Crippen molar-refractivity contribution in [2.24, 2.45) is 0 Å². The van der Waals surface area contributed by atoms with Crippen LogP contribution in [0.1, 0.15) is 35.2 Å². The van der Waals surface area contributed by atoms with Gasteiger partial charge >= 0.3 is 0 Å². The molecule has 2 fully saturated rings. The van der Waals surface area contributed by atoms with Crippen LogP contribution < -0.4 is 14.2 Å². The Morgan fingerprint density at radius 2 is 1.71 bits per heavy atom. The van der Waals surface area contributed by atoms with E-state index in [-0.39, 0.29) is 48.7 Å². The van der Waals surface area contributed by atoms with Gasteiger partial charge in [0.2, 0.25) is 11.7 Å². The van der Waals surface area contributed by atoms with Gasteiger partial charge in [-0.1, -0.05) is 30.3 Å². The summed E-state index contributed by atoms with van der Waals surface area (Å²) >= 11 is 0. The van der Waals surface area contributed by atoms with Gasteiger partial charge in [-0.25, -0.2) is 0 Å². The molecule has 10 nitrogen and oxygen atoms in total. The van der Waals surface area contributed by atoms with Crippen molar-refractivity contribution in [2.75, 3.05) is 41.0 Å². The Balaban J connectivity index is 1.48. The molecule has 2 heterocycles. The predicted molar refractivity (Wildman–Crippen MR) is 137 cm³/mol. The van der Waals surface area contributed by atoms with Gasteiger partial charge in [-0.05, 0) is 37.0 Å². The summed E-state index contributed by atoms with van der Waals surface area (Å²) < 4.78 is 21.8. The van der Waals surface area contributed by atoms with Gasteiger partial charge in [0.25, 0.3) is 11.7 Å². The number of benzene rings is 2. The molecule has 204 valence electrons. The van der Waals surface area contributed by atoms with Gasteiger partial charge in [0.1, 0.15) is 6.04 Å². The minimum Gasteiger partial charge on any atom is -0.493 e. The molecule has 0 radical (unpaired) electrons. The largest absolute Gasteiger partial charge is 0.493 e. The highest BCUT2D eigenvalue weighted by Crippen LogP contribution is 2.39. The molecule has 0 aromatic heterocycles. The van der Waals surface area contributed by atoms with Crippen LogP contribution in [0.15, 0.2) is 42.5 Å². The van der Waals surface area contributed by atoms with Crippen LogP contribution in [-0.4, -0.2) is 91.7 Å². The maximum absolute atomic E-state index is 13.5. The van der Waals surface area contributed by atoms with Crippen molar-refractivity contribution in [3.05, 3.63) is 53.6 Å². The molecule has 1 N–H and O–H groups in total. The summed E-state index contributed by atoms with van der Waals surface area (Å²) in [6.45, 7) is 0.551. The first kappa shape index (κ1) is 27.4. The van der Waals surface area contributed by atoms with Crippen LogP contribution in [0.2, 0.25) is 0 Å². The minimum absolute atomic E-state index is 0.0899. The Morgan fingerprint density at radius 1 is 1.03 bits per heavy atom. The lowest BCUT2D eigenvalue weighted by Crippen LogP contribution is -2.67. The number of Topliss-reactive ketones (excluding diaryl/α,β-unsaturated/α-hetero) is 1. The van der Waals surface area contributed by atoms with Crippen LogP contribution in [0.5, 0.6) is 17.2 Å². The fourth-order valence-electron chi connectivity index (χ4n) is 5.18. The highest BCUT2D eigenvalue weighted by molar-refractivity contribution is 6.43. The summed E-state index contributed by atoms with van der Waals surface area (Å²) in [4.78, 5) is 43.3. The number of ether oxygens (including phenoxy) is 4. The van der Waals surface area contributed by atoms with Gasteiger partial charge < -0.3 is 33.9 Å². The summed E-state index contributed by atoms with van der Waals surface area (Å²) in [5, 5.41) is 9.88. The van der Waals surface area contributed by atoms with Gasteiger partial charge in [0.15, 0.2) is 11.5 Å². The van der Waals surface area contributed by atoms with Gasteiger partial charge in [-0.15, -0.1) is 0 Å². The third-order valence-corrected chi connectivity index (χ3v) is 7.08. The lowest BCUT2D eigenvalue weighted by molar-refractivity contribution is -0.159. The molecule has 2 bridgehead atoms. The molecule has 2 unspecified atom stereocenters. The third-order valence-electron chi connectivity index (χ3n) is 7.08. The zero-order chi connectivity index (χ0) is 27.2. The second-order valence-corrected chi connectivity index (χ2v) is 9.40. The van der Waals surface area contributed by atoms with E-state index < -0.39 is 23.8 Å². The number of ketones is 1. The molecule has 38 heavy (non-hydrogen) atoms. The molecule has 0 saturated carbocycles. The van der Waals surface area contributed by atoms with E-state index in [0.29, 0.717) is 25.2 Å². The lowest BCUT2D eigenvalue weighted by atomic mass is 9.89. The number of rotatable bonds is 11. The van der Waals surface area contributed by atoms with Gasteiger partial charge in [-0.2, -0.15) is 0 Å². The first-order valence-corrected chi connectivity index (χ1v) is 12.6. The van der Waals surface area contributed by atoms with E-state index in [0.717, 1.165) is 12.0 Å². The number of aliphatic hydroxyl groups excluding tert-OH is 1. The Morgan fingerprint density at radius 3 is 2.32 bits per heavy atom. The van der Waals surface area contributed by atoms with Crippen LogP contribution in [0.3, 0.4) is 0 Å². The second kappa shape index (κ2) is 12.3. The molecule has 3 atom stereocenters. The van der Waals surface area contributed by atoms with E-state index >= 15 is 0 Å². The molecule has 10 heteroatoms. The van der Waals surface area contributed by atoms with Crippen molar-refractivity contribution < 1.29 is 38.4 Å². The topological polar surface area (TPSA) is 115 Å². The average Bonchev–Trinajstić information content (AvgIpc) is 2.96. The van der Waals surface area contributed by atoms with Crippen LogP contribution in [0.25, 0.3) is 0 Å². The second-order valence-electron chi connectivity index (χ2n) is 9.40. The third kappa shape index (κ3) is 5.61. The molecule has 2 aromatic rings. The zero-order valence-corrected chi connectivity index (χ0v) is 21.9. The molecule has 0 aliphatic carbocycles. The molecule has 2 aliphatic heterocycles. The molecular weight excluding hydrogens is 492 g/mol. The minimum atomic E-state index is -0.748. The Kier molecular flexibility index (Phi) is 8.85. The molecule has 2 aromatic carbocycles. The fourth-order valence-corrected chi connectivity index (χ4v) is 5.18. The van der Waals surface area contributed by atoms with E-state index in [1.807, 2.05) is 30.3 Å². The molecule has 4 rings (SSSR count). The van der Waals surface area contributed by atoms with Crippen molar-refractivity contribution >= 4 is 17.6 Å². The number of methoxy groups -OCH3 is 3. The van der Waals surface area contributed by atoms with E-state index in [4.69, 9.17) is 18.9 Å². The lowest BCUT2D eigenvalue weighted by Gasteiger charge is -2.49. The standard InChI is InChI=1S/C28H34N2O8/c1-35-23-12-19(13-24(36-2)26(23)37-3)25(32)28(34)30-20-10-7-11-22(30)27(33)29(14-20)15-21(16-31)38-17-18-8-5-4-6-9-18/h4-6,8-9,12-13,20-22,31H,7,10-11,14-17H2,1-3H3/t20?,21-,22?/m1/s1. The average molecular weight is 527 g/mol. The van der Waals surface area contributed by atoms with Gasteiger partial charge in [0.05, 0.1) is 46.7 Å². The van der Waals surface area contributed by atoms with Crippen LogP contribution >= 0.6 is 0 Å². The predicted octanol–water partition coefficient (Wildman–Crippen LogP) is 2.06. The van der Waals surface area contributed by atoms with E-state index in [1.54, 1.807) is 4.90 Å². The number of fused-ring (bicyclic) bond motifs is 2. The van der Waals surface area contributed by atoms with Crippen molar-refractivity contribution in [2.45, 2.75) is 44.1 Å². The van der Waals surface area contributed by atoms with Crippen molar-refractivity contribution in [1.29, 1.82) is 0 Å². The summed E-state index contributed by atoms with van der Waals surface area (Å²) in [6, 6.07) is 11.4. The number of carbonyl (C=O) groups excluding carboxylic acids is 3. The van der Waals surface area contributed by atoms with E-state index in [2.05, 4.69) is 0 Å². The Labute approximate surface area is 222 Å². The number of amides is 2. The highest BCUT2D eigenvalue weighted by atomic mass is 16.5. The quantitative estimate of drug-likeness (QED) is 0.350. The van der Waals surface area contributed by atoms with Crippen molar-refractivity contribution in [3.63, 3.8) is 0 Å². The molecule has 0 spiro atoms. The molecule has 2 aliphatic rings. The number of hydrogen-bond donors (Lipinski definition) is 1. The number of likely N-dealkylation sites (tertiary alicyclic amines) is 1. The Bertz CT molecular complexity index is 1130. The number of carbonyl (C=O) groups is 3. The van der Waals surface area contributed by atoms with E-state index in [1.165, 1.54) is 38.4 Å². The number of nitrogens with zero attached hydrogens (tertiary/aromatic N) is 2. The highest BCUT2D eigenvalue weighted by Gasteiger charge is 2.47. The number of aliphatic hydroxyl groups is 1. The number of hydrogen-bond acceptors (Lipinski definition) is 8. The van der Waals surface area contributed by atoms with Gasteiger partial charge in [-0.3, -0.25) is 14.4 Å². The first-order valence-electron chi connectivity index (χ1n) is 12.6. The normalized spacial score (nSPS) is 19.6. The Hall–Kier alpha value is -3.63. The summed E-state index contributed by atoms with van der Waals surface area (Å²) in [6.07, 6.45) is 1.35. The monoisotopic (exact) mass is 526 g/mol. The van der Waals surface area contributed by atoms with Crippen LogP contribution in [0, 0.1) is 0 Å². The number of piperidine rings is 1. The van der Waals surface area contributed by atoms with E-state index in [9.17, 15) is 19.5 Å². The summed E-state index contributed by atoms with van der Waals surface area (Å²) in [5.74, 6) is -0.895. The summed E-state index contributed by atoms with van der Waals surface area (Å²) in [5.41, 5.74) is 1.06. The zero-order valence-electron chi connectivity index (χ0n) is 21.9. The fraction of sp³-hybridized carbons (Fsp3) is 0.464. The van der Waals surface area contributed by atoms with Crippen molar-refractivity contribution in [3.8, 4) is 17.2 Å². The molecule has 2 saturated heterocycles. The summed E-state index contributed by atoms with van der Waals surface area (Å²) in [7, 11) is 4.31. The van der Waals surface area contributed by atoms with Crippen molar-refractivity contribution in [1.82, 2.24) is 9.80 Å². The smallest absolute Gasteiger partial charge is 0.295 e. The first-order chi connectivity index (χ1) is 18.4. The van der Waals surface area contributed by atoms with Gasteiger partial charge in [0, 0.05) is 18.7 Å². The van der Waals surface area contributed by atoms with Crippen LogP contribution in [0.4, 0.5) is 0 Å². The maximum Gasteiger partial charge on any atom is 0.295 e. The molecule has 2 amide bonds. The maximum atomic E-state index is 13.5. The number of piperazine rings is 1. The SMILES string of the molecule is COc1cc(C(=O)C(=O)N2C3CCCC2C(=O)N(C[C@H](CO)OCc2ccccc2)C3)cc(OC)c1OC.